The van der Waals surface area contributed by atoms with Crippen molar-refractivity contribution in [2.45, 2.75) is 136 Å². The summed E-state index contributed by atoms with van der Waals surface area (Å²) in [6.45, 7) is 15.3. The average molecular weight is 628 g/mol. The molecular formula is C34H65N3O5S. The Bertz CT molecular complexity index is 981. The normalized spacial score (nSPS) is 39.2. The van der Waals surface area contributed by atoms with Crippen molar-refractivity contribution in [2.24, 2.45) is 58.0 Å². The van der Waals surface area contributed by atoms with E-state index in [-0.39, 0.29) is 17.4 Å². The summed E-state index contributed by atoms with van der Waals surface area (Å²) in [6, 6.07) is 0.573. The van der Waals surface area contributed by atoms with Crippen molar-refractivity contribution in [2.75, 3.05) is 26.2 Å². The summed E-state index contributed by atoms with van der Waals surface area (Å²) in [4.78, 5) is 0. The fourth-order valence-corrected chi connectivity index (χ4v) is 11.3. The summed E-state index contributed by atoms with van der Waals surface area (Å²) in [6.07, 6.45) is 13.7. The van der Waals surface area contributed by atoms with Gasteiger partial charge >= 0.3 is 10.4 Å². The Balaban J connectivity index is 1.32. The second-order valence-electron chi connectivity index (χ2n) is 15.9. The van der Waals surface area contributed by atoms with Crippen LogP contribution in [0.4, 0.5) is 0 Å². The molecule has 0 aromatic rings. The highest BCUT2D eigenvalue weighted by molar-refractivity contribution is 7.80. The first-order chi connectivity index (χ1) is 20.3. The largest absolute Gasteiger partial charge is 0.397 e. The Labute approximate surface area is 263 Å². The molecule has 0 heterocycles. The van der Waals surface area contributed by atoms with Gasteiger partial charge in [0.05, 0.1) is 12.2 Å². The Hall–Kier alpha value is -0.290. The van der Waals surface area contributed by atoms with Crippen molar-refractivity contribution in [3.8, 4) is 0 Å². The van der Waals surface area contributed by atoms with Crippen molar-refractivity contribution in [1.82, 2.24) is 10.6 Å². The van der Waals surface area contributed by atoms with Gasteiger partial charge in [-0.1, -0.05) is 34.6 Å². The molecule has 8 nitrogen and oxygen atoms in total. The lowest BCUT2D eigenvalue weighted by Crippen LogP contribution is -2.59. The highest BCUT2D eigenvalue weighted by Crippen LogP contribution is 2.68. The van der Waals surface area contributed by atoms with Crippen molar-refractivity contribution >= 4 is 10.4 Å². The number of rotatable bonds is 16. The van der Waals surface area contributed by atoms with E-state index in [0.717, 1.165) is 58.3 Å². The van der Waals surface area contributed by atoms with Gasteiger partial charge in [-0.25, -0.2) is 4.18 Å². The van der Waals surface area contributed by atoms with Gasteiger partial charge in [0, 0.05) is 6.04 Å². The zero-order valence-corrected chi connectivity index (χ0v) is 28.7. The van der Waals surface area contributed by atoms with Gasteiger partial charge in [0.2, 0.25) is 0 Å². The van der Waals surface area contributed by atoms with E-state index in [9.17, 15) is 18.1 Å². The lowest BCUT2D eigenvalue weighted by Gasteiger charge is -2.62. The molecule has 6 N–H and O–H groups in total. The minimum absolute atomic E-state index is 0.0152. The summed E-state index contributed by atoms with van der Waals surface area (Å²) in [5.41, 5.74) is 6.13. The second kappa shape index (κ2) is 15.1. The number of aliphatic hydroxyl groups is 1. The van der Waals surface area contributed by atoms with Gasteiger partial charge in [0.1, 0.15) is 0 Å². The number of nitrogens with two attached hydrogens (primary N) is 1. The van der Waals surface area contributed by atoms with Crippen LogP contribution in [0.25, 0.3) is 0 Å². The van der Waals surface area contributed by atoms with Gasteiger partial charge in [-0.3, -0.25) is 4.55 Å². The van der Waals surface area contributed by atoms with Gasteiger partial charge in [0.15, 0.2) is 0 Å². The van der Waals surface area contributed by atoms with Gasteiger partial charge in [-0.15, -0.1) is 0 Å². The van der Waals surface area contributed by atoms with Gasteiger partial charge in [0.25, 0.3) is 0 Å². The Morgan fingerprint density at radius 2 is 1.60 bits per heavy atom. The van der Waals surface area contributed by atoms with Crippen LogP contribution in [0.2, 0.25) is 0 Å². The molecule has 0 spiro atoms. The first-order valence-corrected chi connectivity index (χ1v) is 19.1. The zero-order chi connectivity index (χ0) is 31.4. The van der Waals surface area contributed by atoms with Crippen molar-refractivity contribution in [3.05, 3.63) is 0 Å². The Kier molecular flexibility index (Phi) is 12.5. The van der Waals surface area contributed by atoms with Crippen molar-refractivity contribution < 1.29 is 22.3 Å². The first-order valence-electron chi connectivity index (χ1n) is 17.8. The standard InChI is InChI=1S/C34H65N3O5S/c1-23(2)31(42-43(39,40)41)12-9-24(3)27-10-11-28-32-29(14-16-34(27,28)5)33(4)15-13-26(21-25(33)22-30(32)38)37-20-8-19-36-18-7-6-17-35/h23-32,36-38H,6-22,35H2,1-5H3,(H,39,40,41)/t24-,25-,26+,27?,28?,29?,30-,31-,32?,33+,34-/m1/s1. The van der Waals surface area contributed by atoms with E-state index in [1.165, 1.54) is 44.9 Å². The molecule has 4 fully saturated rings. The molecule has 9 heteroatoms. The predicted octanol–water partition coefficient (Wildman–Crippen LogP) is 5.55. The molecule has 43 heavy (non-hydrogen) atoms. The average Bonchev–Trinajstić information content (AvgIpc) is 3.29. The van der Waals surface area contributed by atoms with Crippen LogP contribution in [0.15, 0.2) is 0 Å². The Morgan fingerprint density at radius 1 is 0.907 bits per heavy atom. The van der Waals surface area contributed by atoms with E-state index in [4.69, 9.17) is 9.92 Å². The lowest BCUT2D eigenvalue weighted by atomic mass is 9.43. The van der Waals surface area contributed by atoms with Crippen LogP contribution >= 0.6 is 0 Å². The van der Waals surface area contributed by atoms with Gasteiger partial charge < -0.3 is 21.5 Å². The van der Waals surface area contributed by atoms with E-state index in [0.29, 0.717) is 53.4 Å². The van der Waals surface area contributed by atoms with E-state index < -0.39 is 16.5 Å². The van der Waals surface area contributed by atoms with Crippen LogP contribution in [0.1, 0.15) is 118 Å². The third-order valence-electron chi connectivity index (χ3n) is 13.1. The third kappa shape index (κ3) is 8.36. The molecule has 0 amide bonds. The molecule has 0 saturated heterocycles. The fraction of sp³-hybridized carbons (Fsp3) is 1.00. The molecule has 4 aliphatic rings. The summed E-state index contributed by atoms with van der Waals surface area (Å²) in [5, 5.41) is 19.2. The molecule has 0 aromatic heterocycles. The van der Waals surface area contributed by atoms with Crippen LogP contribution in [0.3, 0.4) is 0 Å². The summed E-state index contributed by atoms with van der Waals surface area (Å²) >= 11 is 0. The summed E-state index contributed by atoms with van der Waals surface area (Å²) in [5.74, 6) is 3.21. The first kappa shape index (κ1) is 35.6. The van der Waals surface area contributed by atoms with E-state index >= 15 is 0 Å². The molecule has 0 aliphatic heterocycles. The maximum absolute atomic E-state index is 11.8. The number of unbranched alkanes of at least 4 members (excludes halogenated alkanes) is 1. The van der Waals surface area contributed by atoms with Crippen molar-refractivity contribution in [3.63, 3.8) is 0 Å². The Morgan fingerprint density at radius 3 is 2.30 bits per heavy atom. The molecular weight excluding hydrogens is 562 g/mol. The molecule has 252 valence electrons. The number of fused-ring (bicyclic) bond motifs is 5. The molecule has 4 rings (SSSR count). The highest BCUT2D eigenvalue weighted by Gasteiger charge is 2.62. The number of hydrogen-bond acceptors (Lipinski definition) is 7. The molecule has 0 aromatic carbocycles. The topological polar surface area (TPSA) is 134 Å². The van der Waals surface area contributed by atoms with Crippen LogP contribution < -0.4 is 16.4 Å². The minimum Gasteiger partial charge on any atom is -0.393 e. The molecule has 0 radical (unpaired) electrons. The molecule has 11 atom stereocenters. The van der Waals surface area contributed by atoms with Crippen LogP contribution in [-0.4, -0.2) is 62.5 Å². The predicted molar refractivity (Wildman–Crippen MR) is 174 cm³/mol. The zero-order valence-electron chi connectivity index (χ0n) is 27.9. The lowest BCUT2D eigenvalue weighted by molar-refractivity contribution is -0.167. The van der Waals surface area contributed by atoms with Crippen LogP contribution in [0, 0.1) is 52.3 Å². The minimum atomic E-state index is -4.45. The highest BCUT2D eigenvalue weighted by atomic mass is 32.3. The third-order valence-corrected chi connectivity index (χ3v) is 13.6. The van der Waals surface area contributed by atoms with E-state index in [2.05, 4.69) is 31.4 Å². The van der Waals surface area contributed by atoms with Crippen molar-refractivity contribution in [1.29, 1.82) is 0 Å². The molecule has 4 unspecified atom stereocenters. The van der Waals surface area contributed by atoms with Crippen LogP contribution in [0.5, 0.6) is 0 Å². The molecule has 0 bridgehead atoms. The smallest absolute Gasteiger partial charge is 0.393 e. The van der Waals surface area contributed by atoms with Gasteiger partial charge in [-0.2, -0.15) is 8.42 Å². The second-order valence-corrected chi connectivity index (χ2v) is 17.0. The summed E-state index contributed by atoms with van der Waals surface area (Å²) in [7, 11) is -4.45. The van der Waals surface area contributed by atoms with E-state index in [1.54, 1.807) is 0 Å². The number of nitrogens with one attached hydrogen (secondary N) is 2. The van der Waals surface area contributed by atoms with E-state index in [1.807, 2.05) is 13.8 Å². The number of hydrogen-bond donors (Lipinski definition) is 5. The van der Waals surface area contributed by atoms with Gasteiger partial charge in [-0.05, 0) is 162 Å². The SMILES string of the molecule is CC(C)[C@@H](CC[C@@H](C)C1CCC2C3C(CC[C@@]21C)[C@@]1(C)CC[C@H](NCCCNCCCCN)C[C@@H]1C[C@H]3O)OS(=O)(=O)O. The quantitative estimate of drug-likeness (QED) is 0.111. The fourth-order valence-electron chi connectivity index (χ4n) is 10.7. The number of aliphatic hydroxyl groups excluding tert-OH is 1. The maximum atomic E-state index is 11.8. The van der Waals surface area contributed by atoms with Crippen LogP contribution in [-0.2, 0) is 14.6 Å². The maximum Gasteiger partial charge on any atom is 0.397 e. The molecule has 4 aliphatic carbocycles. The monoisotopic (exact) mass is 627 g/mol. The molecule has 4 saturated carbocycles. The summed E-state index contributed by atoms with van der Waals surface area (Å²) < 4.78 is 37.1.